The number of nitrogens with two attached hydrogens (primary N) is 1. The van der Waals surface area contributed by atoms with E-state index in [1.54, 1.807) is 6.26 Å². The minimum Gasteiger partial charge on any atom is -0.330 e. The summed E-state index contributed by atoms with van der Waals surface area (Å²) in [4.78, 5) is 0. The van der Waals surface area contributed by atoms with E-state index in [4.69, 9.17) is 5.73 Å². The Morgan fingerprint density at radius 3 is 2.87 bits per heavy atom. The van der Waals surface area contributed by atoms with Gasteiger partial charge in [-0.2, -0.15) is 0 Å². The van der Waals surface area contributed by atoms with Crippen LogP contribution in [-0.2, 0) is 10.8 Å². The molecule has 4 atom stereocenters. The topological polar surface area (TPSA) is 55.1 Å². The highest BCUT2D eigenvalue weighted by molar-refractivity contribution is 7.84. The minimum absolute atomic E-state index is 0.301. The fourth-order valence-corrected chi connectivity index (χ4v) is 2.68. The van der Waals surface area contributed by atoms with Gasteiger partial charge < -0.3 is 11.1 Å². The Balaban J connectivity index is 2.17. The van der Waals surface area contributed by atoms with Crippen molar-refractivity contribution in [2.24, 2.45) is 11.7 Å². The zero-order valence-electron chi connectivity index (χ0n) is 9.87. The molecule has 1 saturated carbocycles. The lowest BCUT2D eigenvalue weighted by atomic mass is 10.0. The van der Waals surface area contributed by atoms with E-state index in [0.717, 1.165) is 19.5 Å². The van der Waals surface area contributed by atoms with E-state index in [2.05, 4.69) is 5.32 Å². The lowest BCUT2D eigenvalue weighted by Gasteiger charge is -2.20. The number of hydrogen-bond acceptors (Lipinski definition) is 3. The second kappa shape index (κ2) is 6.61. The molecule has 0 bridgehead atoms. The molecule has 0 aromatic carbocycles. The molecule has 0 radical (unpaired) electrons. The summed E-state index contributed by atoms with van der Waals surface area (Å²) in [6.45, 7) is 3.82. The van der Waals surface area contributed by atoms with Crippen LogP contribution in [0.1, 0.15) is 32.6 Å². The normalized spacial score (nSPS) is 30.3. The van der Waals surface area contributed by atoms with Crippen LogP contribution in [0.2, 0.25) is 0 Å². The van der Waals surface area contributed by atoms with Crippen LogP contribution in [0.15, 0.2) is 0 Å². The highest BCUT2D eigenvalue weighted by Gasteiger charge is 2.25. The average molecular weight is 232 g/mol. The average Bonchev–Trinajstić information content (AvgIpc) is 2.65. The molecular formula is C11H24N2OS. The zero-order chi connectivity index (χ0) is 11.3. The molecule has 4 heteroatoms. The second-order valence-corrected chi connectivity index (χ2v) is 6.39. The Morgan fingerprint density at radius 1 is 1.53 bits per heavy atom. The van der Waals surface area contributed by atoms with E-state index in [9.17, 15) is 4.21 Å². The summed E-state index contributed by atoms with van der Waals surface area (Å²) in [7, 11) is -0.689. The van der Waals surface area contributed by atoms with Gasteiger partial charge in [-0.05, 0) is 38.3 Å². The molecule has 1 fully saturated rings. The van der Waals surface area contributed by atoms with E-state index >= 15 is 0 Å². The molecular weight excluding hydrogens is 208 g/mol. The molecule has 0 aromatic rings. The van der Waals surface area contributed by atoms with E-state index in [1.165, 1.54) is 19.3 Å². The smallest absolute Gasteiger partial charge is 0.0329 e. The Hall–Kier alpha value is 0.0700. The van der Waals surface area contributed by atoms with Crippen LogP contribution in [0.25, 0.3) is 0 Å². The summed E-state index contributed by atoms with van der Waals surface area (Å²) in [5.74, 6) is 0.660. The van der Waals surface area contributed by atoms with Gasteiger partial charge in [0.2, 0.25) is 0 Å². The molecule has 0 saturated heterocycles. The van der Waals surface area contributed by atoms with Crippen molar-refractivity contribution in [1.82, 2.24) is 5.32 Å². The van der Waals surface area contributed by atoms with Crippen LogP contribution in [0, 0.1) is 5.92 Å². The van der Waals surface area contributed by atoms with Crippen LogP contribution < -0.4 is 11.1 Å². The Labute approximate surface area is 95.6 Å². The highest BCUT2D eigenvalue weighted by atomic mass is 32.2. The first-order chi connectivity index (χ1) is 7.15. The fraction of sp³-hybridized carbons (Fsp3) is 1.00. The first-order valence-corrected chi connectivity index (χ1v) is 7.53. The number of nitrogens with one attached hydrogen (secondary N) is 1. The molecule has 0 heterocycles. The van der Waals surface area contributed by atoms with Crippen LogP contribution in [0.5, 0.6) is 0 Å². The maximum absolute atomic E-state index is 11.2. The first-order valence-electron chi connectivity index (χ1n) is 5.90. The van der Waals surface area contributed by atoms with Crippen molar-refractivity contribution in [1.29, 1.82) is 0 Å². The third-order valence-electron chi connectivity index (χ3n) is 3.49. The molecule has 4 unspecified atom stereocenters. The third kappa shape index (κ3) is 4.21. The SMILES string of the molecule is CC(CCNC1CCCC1CN)S(C)=O. The van der Waals surface area contributed by atoms with Crippen molar-refractivity contribution in [2.45, 2.75) is 43.9 Å². The lowest BCUT2D eigenvalue weighted by molar-refractivity contribution is 0.405. The fourth-order valence-electron chi connectivity index (χ4n) is 2.23. The summed E-state index contributed by atoms with van der Waals surface area (Å²) in [6, 6.07) is 0.604. The quantitative estimate of drug-likeness (QED) is 0.714. The molecule has 15 heavy (non-hydrogen) atoms. The maximum Gasteiger partial charge on any atom is 0.0329 e. The van der Waals surface area contributed by atoms with Crippen molar-refractivity contribution >= 4 is 10.8 Å². The van der Waals surface area contributed by atoms with Crippen molar-refractivity contribution in [3.8, 4) is 0 Å². The van der Waals surface area contributed by atoms with Gasteiger partial charge >= 0.3 is 0 Å². The molecule has 3 N–H and O–H groups in total. The van der Waals surface area contributed by atoms with Crippen LogP contribution in [0.4, 0.5) is 0 Å². The number of hydrogen-bond donors (Lipinski definition) is 2. The van der Waals surface area contributed by atoms with E-state index in [0.29, 0.717) is 17.2 Å². The van der Waals surface area contributed by atoms with Gasteiger partial charge in [-0.25, -0.2) is 0 Å². The van der Waals surface area contributed by atoms with Gasteiger partial charge in [0.05, 0.1) is 0 Å². The van der Waals surface area contributed by atoms with Crippen molar-refractivity contribution in [3.05, 3.63) is 0 Å². The van der Waals surface area contributed by atoms with Crippen LogP contribution in [0.3, 0.4) is 0 Å². The zero-order valence-corrected chi connectivity index (χ0v) is 10.7. The molecule has 0 spiro atoms. The first kappa shape index (κ1) is 13.1. The van der Waals surface area contributed by atoms with Gasteiger partial charge in [-0.3, -0.25) is 4.21 Å². The van der Waals surface area contributed by atoms with Crippen LogP contribution >= 0.6 is 0 Å². The van der Waals surface area contributed by atoms with E-state index < -0.39 is 10.8 Å². The van der Waals surface area contributed by atoms with Gasteiger partial charge in [0.25, 0.3) is 0 Å². The Kier molecular flexibility index (Phi) is 5.79. The van der Waals surface area contributed by atoms with Crippen molar-refractivity contribution < 1.29 is 4.21 Å². The summed E-state index contributed by atoms with van der Waals surface area (Å²) in [5, 5.41) is 3.86. The Morgan fingerprint density at radius 2 is 2.27 bits per heavy atom. The molecule has 1 aliphatic rings. The molecule has 0 amide bonds. The Bertz CT molecular complexity index is 211. The van der Waals surface area contributed by atoms with Crippen molar-refractivity contribution in [3.63, 3.8) is 0 Å². The second-order valence-electron chi connectivity index (χ2n) is 4.59. The van der Waals surface area contributed by atoms with Gasteiger partial charge in [0.1, 0.15) is 0 Å². The summed E-state index contributed by atoms with van der Waals surface area (Å²) < 4.78 is 11.2. The van der Waals surface area contributed by atoms with Crippen LogP contribution in [-0.4, -0.2) is 34.8 Å². The molecule has 0 aromatic heterocycles. The largest absolute Gasteiger partial charge is 0.330 e. The summed E-state index contributed by atoms with van der Waals surface area (Å²) >= 11 is 0. The molecule has 3 nitrogen and oxygen atoms in total. The summed E-state index contributed by atoms with van der Waals surface area (Å²) in [5.41, 5.74) is 5.72. The molecule has 90 valence electrons. The lowest BCUT2D eigenvalue weighted by Crippen LogP contribution is -2.37. The highest BCUT2D eigenvalue weighted by Crippen LogP contribution is 2.24. The number of rotatable bonds is 6. The predicted octanol–water partition coefficient (Wildman–Crippen LogP) is 0.861. The predicted molar refractivity (Wildman–Crippen MR) is 66.3 cm³/mol. The third-order valence-corrected chi connectivity index (χ3v) is 4.85. The van der Waals surface area contributed by atoms with E-state index in [1.807, 2.05) is 6.92 Å². The van der Waals surface area contributed by atoms with Crippen molar-refractivity contribution in [2.75, 3.05) is 19.3 Å². The maximum atomic E-state index is 11.2. The van der Waals surface area contributed by atoms with Gasteiger partial charge in [0, 0.05) is 28.3 Å². The van der Waals surface area contributed by atoms with Gasteiger partial charge in [-0.15, -0.1) is 0 Å². The standard InChI is InChI=1S/C11H24N2OS/c1-9(15(2)14)6-7-13-11-5-3-4-10(11)8-12/h9-11,13H,3-8,12H2,1-2H3. The van der Waals surface area contributed by atoms with Gasteiger partial charge in [0.15, 0.2) is 0 Å². The van der Waals surface area contributed by atoms with E-state index in [-0.39, 0.29) is 0 Å². The minimum atomic E-state index is -0.689. The molecule has 1 rings (SSSR count). The molecule has 0 aliphatic heterocycles. The monoisotopic (exact) mass is 232 g/mol. The summed E-state index contributed by atoms with van der Waals surface area (Å²) in [6.07, 6.45) is 6.60. The van der Waals surface area contributed by atoms with Gasteiger partial charge in [-0.1, -0.05) is 13.3 Å². The molecule has 1 aliphatic carbocycles.